The number of hydrogen-bond acceptors (Lipinski definition) is 5. The normalized spacial score (nSPS) is 12.4. The van der Waals surface area contributed by atoms with Crippen LogP contribution in [0.1, 0.15) is 44.1 Å². The van der Waals surface area contributed by atoms with Crippen LogP contribution in [-0.4, -0.2) is 27.6 Å². The number of unbranched alkanes of at least 4 members (excludes halogenated alkanes) is 3. The molecule has 0 aliphatic carbocycles. The molecule has 132 valence electrons. The van der Waals surface area contributed by atoms with E-state index in [1.165, 1.54) is 19.2 Å². The van der Waals surface area contributed by atoms with Gasteiger partial charge in [-0.15, -0.1) is 6.42 Å². The lowest BCUT2D eigenvalue weighted by molar-refractivity contribution is -0.140. The maximum atomic E-state index is 12.2. The zero-order valence-corrected chi connectivity index (χ0v) is 15.0. The van der Waals surface area contributed by atoms with Gasteiger partial charge in [0, 0.05) is 6.42 Å². The quantitative estimate of drug-likeness (QED) is 0.280. The van der Waals surface area contributed by atoms with Gasteiger partial charge in [-0.1, -0.05) is 36.5 Å². The minimum Gasteiger partial charge on any atom is -0.469 e. The Labute approximate surface area is 144 Å². The fourth-order valence-corrected chi connectivity index (χ4v) is 3.17. The molecule has 0 aliphatic rings. The van der Waals surface area contributed by atoms with Gasteiger partial charge in [0.15, 0.2) is 0 Å². The van der Waals surface area contributed by atoms with Gasteiger partial charge in [-0.3, -0.25) is 4.79 Å². The Morgan fingerprint density at radius 1 is 1.17 bits per heavy atom. The summed E-state index contributed by atoms with van der Waals surface area (Å²) in [7, 11) is -2.49. The average molecular weight is 352 g/mol. The van der Waals surface area contributed by atoms with Gasteiger partial charge in [-0.2, -0.15) is 8.42 Å². The van der Waals surface area contributed by atoms with Gasteiger partial charge in [0.05, 0.1) is 12.0 Å². The van der Waals surface area contributed by atoms with Crippen molar-refractivity contribution in [2.75, 3.05) is 7.11 Å². The number of rotatable bonds is 10. The van der Waals surface area contributed by atoms with Crippen LogP contribution in [0.4, 0.5) is 0 Å². The first-order valence-electron chi connectivity index (χ1n) is 7.92. The maximum absolute atomic E-state index is 12.2. The van der Waals surface area contributed by atoms with E-state index in [-0.39, 0.29) is 10.9 Å². The molecule has 0 radical (unpaired) electrons. The second kappa shape index (κ2) is 10.1. The van der Waals surface area contributed by atoms with Gasteiger partial charge in [0.2, 0.25) is 0 Å². The van der Waals surface area contributed by atoms with Crippen molar-refractivity contribution >= 4 is 16.1 Å². The third-order valence-corrected chi connectivity index (χ3v) is 4.90. The third kappa shape index (κ3) is 7.16. The summed E-state index contributed by atoms with van der Waals surface area (Å²) < 4.78 is 34.1. The number of terminal acetylenes is 1. The molecule has 1 aromatic rings. The molecule has 0 amide bonds. The zero-order chi connectivity index (χ0) is 18.0. The summed E-state index contributed by atoms with van der Waals surface area (Å²) in [6.07, 6.45) is 8.64. The van der Waals surface area contributed by atoms with Gasteiger partial charge in [0.25, 0.3) is 10.1 Å². The predicted molar refractivity (Wildman–Crippen MR) is 91.8 cm³/mol. The Hall–Kier alpha value is -1.84. The highest BCUT2D eigenvalue weighted by Gasteiger charge is 2.20. The molecule has 5 nitrogen and oxygen atoms in total. The van der Waals surface area contributed by atoms with Gasteiger partial charge < -0.3 is 4.74 Å². The SMILES string of the molecule is C#C[C@@H](CCCCCCC(=O)OC)OS(=O)(=O)c1ccc(C)cc1. The maximum Gasteiger partial charge on any atom is 0.305 e. The number of methoxy groups -OCH3 is 1. The van der Waals surface area contributed by atoms with Crippen molar-refractivity contribution in [3.8, 4) is 12.3 Å². The monoisotopic (exact) mass is 352 g/mol. The standard InChI is InChI=1S/C18H24O5S/c1-4-16(9-7-5-6-8-10-18(19)22-3)23-24(20,21)17-13-11-15(2)12-14-17/h1,11-14,16H,5-10H2,2-3H3/t16-/m0/s1. The van der Waals surface area contributed by atoms with E-state index >= 15 is 0 Å². The van der Waals surface area contributed by atoms with Crippen LogP contribution in [0, 0.1) is 19.3 Å². The lowest BCUT2D eigenvalue weighted by atomic mass is 10.1. The summed E-state index contributed by atoms with van der Waals surface area (Å²) >= 11 is 0. The van der Waals surface area contributed by atoms with Crippen LogP contribution < -0.4 is 0 Å². The van der Waals surface area contributed by atoms with Gasteiger partial charge in [-0.05, 0) is 38.3 Å². The van der Waals surface area contributed by atoms with E-state index in [1.54, 1.807) is 12.1 Å². The van der Waals surface area contributed by atoms with Crippen LogP contribution >= 0.6 is 0 Å². The summed E-state index contributed by atoms with van der Waals surface area (Å²) in [6, 6.07) is 6.43. The van der Waals surface area contributed by atoms with Crippen LogP contribution in [0.5, 0.6) is 0 Å². The molecule has 24 heavy (non-hydrogen) atoms. The fourth-order valence-electron chi connectivity index (χ4n) is 2.13. The largest absolute Gasteiger partial charge is 0.469 e. The molecule has 0 aliphatic heterocycles. The molecular formula is C18H24O5S. The number of hydrogen-bond donors (Lipinski definition) is 0. The van der Waals surface area contributed by atoms with E-state index < -0.39 is 16.2 Å². The summed E-state index contributed by atoms with van der Waals surface area (Å²) in [4.78, 5) is 11.1. The number of carbonyl (C=O) groups excluding carboxylic acids is 1. The molecule has 0 spiro atoms. The van der Waals surface area contributed by atoms with Crippen molar-refractivity contribution in [2.24, 2.45) is 0 Å². The molecule has 0 aromatic heterocycles. The molecule has 0 fully saturated rings. The number of benzene rings is 1. The molecule has 0 unspecified atom stereocenters. The second-order valence-electron chi connectivity index (χ2n) is 5.55. The molecular weight excluding hydrogens is 328 g/mol. The Kier molecular flexibility index (Phi) is 8.51. The molecule has 1 aromatic carbocycles. The first-order valence-corrected chi connectivity index (χ1v) is 9.33. The van der Waals surface area contributed by atoms with Crippen molar-refractivity contribution in [3.63, 3.8) is 0 Å². The third-order valence-electron chi connectivity index (χ3n) is 3.56. The van der Waals surface area contributed by atoms with E-state index in [1.807, 2.05) is 6.92 Å². The second-order valence-corrected chi connectivity index (χ2v) is 7.12. The van der Waals surface area contributed by atoms with Crippen molar-refractivity contribution in [1.29, 1.82) is 0 Å². The summed E-state index contributed by atoms with van der Waals surface area (Å²) in [6.45, 7) is 1.88. The van der Waals surface area contributed by atoms with Gasteiger partial charge in [-0.25, -0.2) is 4.18 Å². The first-order chi connectivity index (χ1) is 11.4. The van der Waals surface area contributed by atoms with Crippen LogP contribution in [-0.2, 0) is 23.8 Å². The highest BCUT2D eigenvalue weighted by Crippen LogP contribution is 2.18. The predicted octanol–water partition coefficient (Wildman–Crippen LogP) is 3.22. The van der Waals surface area contributed by atoms with E-state index in [0.29, 0.717) is 12.8 Å². The average Bonchev–Trinajstić information content (AvgIpc) is 2.56. The number of aryl methyl sites for hydroxylation is 1. The highest BCUT2D eigenvalue weighted by atomic mass is 32.2. The van der Waals surface area contributed by atoms with Crippen LogP contribution in [0.15, 0.2) is 29.2 Å². The molecule has 6 heteroatoms. The Bertz CT molecular complexity index is 656. The molecule has 0 N–H and O–H groups in total. The summed E-state index contributed by atoms with van der Waals surface area (Å²) in [5, 5.41) is 0. The molecule has 0 heterocycles. The molecule has 0 bridgehead atoms. The molecule has 1 rings (SSSR count). The van der Waals surface area contributed by atoms with Crippen LogP contribution in [0.2, 0.25) is 0 Å². The van der Waals surface area contributed by atoms with Crippen molar-refractivity contribution in [1.82, 2.24) is 0 Å². The molecule has 0 saturated heterocycles. The molecule has 0 saturated carbocycles. The topological polar surface area (TPSA) is 69.7 Å². The Morgan fingerprint density at radius 3 is 2.38 bits per heavy atom. The molecule has 1 atom stereocenters. The van der Waals surface area contributed by atoms with Gasteiger partial charge >= 0.3 is 5.97 Å². The number of carbonyl (C=O) groups is 1. The zero-order valence-electron chi connectivity index (χ0n) is 14.2. The van der Waals surface area contributed by atoms with Crippen molar-refractivity contribution < 1.29 is 22.1 Å². The van der Waals surface area contributed by atoms with Crippen molar-refractivity contribution in [2.45, 2.75) is 56.4 Å². The number of esters is 1. The van der Waals surface area contributed by atoms with Gasteiger partial charge in [0.1, 0.15) is 6.10 Å². The number of ether oxygens (including phenoxy) is 1. The summed E-state index contributed by atoms with van der Waals surface area (Å²) in [5.41, 5.74) is 0.967. The minimum absolute atomic E-state index is 0.103. The smallest absolute Gasteiger partial charge is 0.305 e. The first kappa shape index (κ1) is 20.2. The van der Waals surface area contributed by atoms with Crippen LogP contribution in [0.25, 0.3) is 0 Å². The Morgan fingerprint density at radius 2 is 1.79 bits per heavy atom. The fraction of sp³-hybridized carbons (Fsp3) is 0.500. The van der Waals surface area contributed by atoms with Crippen LogP contribution in [0.3, 0.4) is 0 Å². The van der Waals surface area contributed by atoms with E-state index in [4.69, 9.17) is 10.6 Å². The minimum atomic E-state index is -3.85. The van der Waals surface area contributed by atoms with E-state index in [2.05, 4.69) is 10.7 Å². The highest BCUT2D eigenvalue weighted by molar-refractivity contribution is 7.86. The van der Waals surface area contributed by atoms with E-state index in [9.17, 15) is 13.2 Å². The summed E-state index contributed by atoms with van der Waals surface area (Å²) in [5.74, 6) is 2.16. The lowest BCUT2D eigenvalue weighted by Crippen LogP contribution is -2.17. The van der Waals surface area contributed by atoms with Crippen molar-refractivity contribution in [3.05, 3.63) is 29.8 Å². The van der Waals surface area contributed by atoms with E-state index in [0.717, 1.165) is 31.2 Å². The Balaban J connectivity index is 2.40. The lowest BCUT2D eigenvalue weighted by Gasteiger charge is -2.12.